The maximum Gasteiger partial charge on any atom is 0.214 e. The molecule has 0 aromatic carbocycles. The van der Waals surface area contributed by atoms with E-state index in [2.05, 4.69) is 21.1 Å². The maximum absolute atomic E-state index is 9.29. The summed E-state index contributed by atoms with van der Waals surface area (Å²) < 4.78 is 1.62. The molecule has 0 saturated carbocycles. The zero-order valence-corrected chi connectivity index (χ0v) is 10.5. The van der Waals surface area contributed by atoms with Crippen molar-refractivity contribution in [3.8, 4) is 17.3 Å². The standard InChI is InChI=1S/C12H9N5S/c1-2-10-16-17-9(7-13)11(15-12(17)18-10)8-3-5-14-6-4-8/h3-6H,2H2,1H3. The Bertz CT molecular complexity index is 735. The Morgan fingerprint density at radius 2 is 2.17 bits per heavy atom. The number of nitriles is 1. The van der Waals surface area contributed by atoms with E-state index in [0.29, 0.717) is 11.4 Å². The third-order valence-electron chi connectivity index (χ3n) is 2.61. The van der Waals surface area contributed by atoms with Crippen LogP contribution in [0.3, 0.4) is 0 Å². The van der Waals surface area contributed by atoms with Crippen molar-refractivity contribution in [1.29, 1.82) is 5.26 Å². The van der Waals surface area contributed by atoms with E-state index < -0.39 is 0 Å². The lowest BCUT2D eigenvalue weighted by Crippen LogP contribution is -1.91. The van der Waals surface area contributed by atoms with Crippen LogP contribution in [0.2, 0.25) is 0 Å². The number of hydrogen-bond acceptors (Lipinski definition) is 5. The fourth-order valence-electron chi connectivity index (χ4n) is 1.74. The monoisotopic (exact) mass is 255 g/mol. The Morgan fingerprint density at radius 1 is 1.39 bits per heavy atom. The molecule has 0 unspecified atom stereocenters. The number of aryl methyl sites for hydroxylation is 1. The summed E-state index contributed by atoms with van der Waals surface area (Å²) in [7, 11) is 0. The van der Waals surface area contributed by atoms with Crippen molar-refractivity contribution < 1.29 is 0 Å². The summed E-state index contributed by atoms with van der Waals surface area (Å²) >= 11 is 1.52. The normalized spacial score (nSPS) is 10.7. The van der Waals surface area contributed by atoms with Crippen LogP contribution in [0.25, 0.3) is 16.2 Å². The summed E-state index contributed by atoms with van der Waals surface area (Å²) in [5.74, 6) is 0. The summed E-state index contributed by atoms with van der Waals surface area (Å²) in [5, 5.41) is 14.7. The Hall–Kier alpha value is -2.26. The van der Waals surface area contributed by atoms with Crippen LogP contribution < -0.4 is 0 Å². The van der Waals surface area contributed by atoms with Gasteiger partial charge in [-0.3, -0.25) is 4.98 Å². The fraction of sp³-hybridized carbons (Fsp3) is 0.167. The van der Waals surface area contributed by atoms with E-state index in [9.17, 15) is 5.26 Å². The topological polar surface area (TPSA) is 66.9 Å². The van der Waals surface area contributed by atoms with E-state index in [0.717, 1.165) is 22.0 Å². The van der Waals surface area contributed by atoms with Gasteiger partial charge < -0.3 is 0 Å². The first-order valence-corrected chi connectivity index (χ1v) is 6.34. The van der Waals surface area contributed by atoms with Gasteiger partial charge in [-0.05, 0) is 18.6 Å². The Morgan fingerprint density at radius 3 is 2.83 bits per heavy atom. The van der Waals surface area contributed by atoms with E-state index in [1.807, 2.05) is 19.1 Å². The minimum Gasteiger partial charge on any atom is -0.265 e. The van der Waals surface area contributed by atoms with Gasteiger partial charge >= 0.3 is 0 Å². The van der Waals surface area contributed by atoms with Crippen LogP contribution in [-0.2, 0) is 6.42 Å². The van der Waals surface area contributed by atoms with Crippen molar-refractivity contribution in [2.24, 2.45) is 0 Å². The molecule has 0 saturated heterocycles. The van der Waals surface area contributed by atoms with Gasteiger partial charge in [-0.2, -0.15) is 14.9 Å². The third kappa shape index (κ3) is 1.57. The van der Waals surface area contributed by atoms with E-state index in [4.69, 9.17) is 0 Å². The van der Waals surface area contributed by atoms with Gasteiger partial charge in [0.1, 0.15) is 16.8 Å². The average molecular weight is 255 g/mol. The molecule has 0 bridgehead atoms. The number of imidazole rings is 1. The van der Waals surface area contributed by atoms with Gasteiger partial charge in [0, 0.05) is 18.0 Å². The molecule has 0 spiro atoms. The van der Waals surface area contributed by atoms with Crippen molar-refractivity contribution >= 4 is 16.3 Å². The highest BCUT2D eigenvalue weighted by Crippen LogP contribution is 2.26. The van der Waals surface area contributed by atoms with Gasteiger partial charge in [-0.25, -0.2) is 4.98 Å². The van der Waals surface area contributed by atoms with E-state index >= 15 is 0 Å². The summed E-state index contributed by atoms with van der Waals surface area (Å²) in [6, 6.07) is 5.86. The van der Waals surface area contributed by atoms with Crippen LogP contribution >= 0.6 is 11.3 Å². The molecule has 0 aliphatic rings. The van der Waals surface area contributed by atoms with Crippen molar-refractivity contribution in [2.45, 2.75) is 13.3 Å². The zero-order chi connectivity index (χ0) is 12.5. The predicted octanol–water partition coefficient (Wildman–Crippen LogP) is 2.29. The summed E-state index contributed by atoms with van der Waals surface area (Å²) in [5.41, 5.74) is 2.03. The van der Waals surface area contributed by atoms with Crippen molar-refractivity contribution in [2.75, 3.05) is 0 Å². The van der Waals surface area contributed by atoms with Crippen LogP contribution in [0.15, 0.2) is 24.5 Å². The largest absolute Gasteiger partial charge is 0.265 e. The van der Waals surface area contributed by atoms with Crippen molar-refractivity contribution in [3.63, 3.8) is 0 Å². The molecule has 5 nitrogen and oxygen atoms in total. The molecule has 3 rings (SSSR count). The molecule has 3 aromatic rings. The molecule has 0 aliphatic heterocycles. The van der Waals surface area contributed by atoms with Gasteiger partial charge in [-0.1, -0.05) is 18.3 Å². The quantitative estimate of drug-likeness (QED) is 0.704. The highest BCUT2D eigenvalue weighted by Gasteiger charge is 2.16. The molecule has 0 N–H and O–H groups in total. The molecule has 88 valence electrons. The molecule has 6 heteroatoms. The SMILES string of the molecule is CCc1nn2c(C#N)c(-c3ccncc3)nc2s1. The first-order chi connectivity index (χ1) is 8.83. The van der Waals surface area contributed by atoms with Crippen LogP contribution in [0.4, 0.5) is 0 Å². The Kier molecular flexibility index (Phi) is 2.54. The molecular formula is C12H9N5S. The smallest absolute Gasteiger partial charge is 0.214 e. The lowest BCUT2D eigenvalue weighted by atomic mass is 10.2. The number of rotatable bonds is 2. The predicted molar refractivity (Wildman–Crippen MR) is 68.2 cm³/mol. The number of hydrogen-bond donors (Lipinski definition) is 0. The zero-order valence-electron chi connectivity index (χ0n) is 9.66. The van der Waals surface area contributed by atoms with Gasteiger partial charge in [0.05, 0.1) is 0 Å². The molecule has 18 heavy (non-hydrogen) atoms. The average Bonchev–Trinajstić information content (AvgIpc) is 2.96. The van der Waals surface area contributed by atoms with Gasteiger partial charge in [0.25, 0.3) is 0 Å². The molecule has 0 amide bonds. The van der Waals surface area contributed by atoms with E-state index in [1.165, 1.54) is 11.3 Å². The minimum absolute atomic E-state index is 0.479. The van der Waals surface area contributed by atoms with Gasteiger partial charge in [0.15, 0.2) is 5.69 Å². The van der Waals surface area contributed by atoms with Crippen molar-refractivity contribution in [1.82, 2.24) is 19.6 Å². The summed E-state index contributed by atoms with van der Waals surface area (Å²) in [6.07, 6.45) is 4.23. The fourth-order valence-corrected chi connectivity index (χ4v) is 2.58. The number of pyridine rings is 1. The van der Waals surface area contributed by atoms with Crippen LogP contribution in [-0.4, -0.2) is 19.6 Å². The first kappa shape index (κ1) is 10.9. The molecule has 3 aromatic heterocycles. The second kappa shape index (κ2) is 4.20. The molecular weight excluding hydrogens is 246 g/mol. The molecule has 0 atom stereocenters. The third-order valence-corrected chi connectivity index (χ3v) is 3.66. The second-order valence-electron chi connectivity index (χ2n) is 3.70. The maximum atomic E-state index is 9.29. The second-order valence-corrected chi connectivity index (χ2v) is 4.74. The highest BCUT2D eigenvalue weighted by atomic mass is 32.1. The van der Waals surface area contributed by atoms with E-state index in [-0.39, 0.29) is 0 Å². The number of nitrogens with zero attached hydrogens (tertiary/aromatic N) is 5. The molecule has 0 fully saturated rings. The van der Waals surface area contributed by atoms with Crippen LogP contribution in [0, 0.1) is 11.3 Å². The number of fused-ring (bicyclic) bond motifs is 1. The molecule has 3 heterocycles. The van der Waals surface area contributed by atoms with E-state index in [1.54, 1.807) is 16.9 Å². The summed E-state index contributed by atoms with van der Waals surface area (Å²) in [4.78, 5) is 9.22. The van der Waals surface area contributed by atoms with Crippen LogP contribution in [0.1, 0.15) is 17.6 Å². The lowest BCUT2D eigenvalue weighted by Gasteiger charge is -1.95. The first-order valence-electron chi connectivity index (χ1n) is 5.52. The molecule has 0 aliphatic carbocycles. The van der Waals surface area contributed by atoms with Gasteiger partial charge in [-0.15, -0.1) is 0 Å². The Balaban J connectivity index is 2.25. The minimum atomic E-state index is 0.479. The van der Waals surface area contributed by atoms with Crippen LogP contribution in [0.5, 0.6) is 0 Å². The molecule has 0 radical (unpaired) electrons. The Labute approximate surface area is 107 Å². The van der Waals surface area contributed by atoms with Crippen molar-refractivity contribution in [3.05, 3.63) is 35.2 Å². The number of aromatic nitrogens is 4. The highest BCUT2D eigenvalue weighted by molar-refractivity contribution is 7.16. The van der Waals surface area contributed by atoms with Gasteiger partial charge in [0.2, 0.25) is 4.96 Å². The lowest BCUT2D eigenvalue weighted by molar-refractivity contribution is 0.899. The summed E-state index contributed by atoms with van der Waals surface area (Å²) in [6.45, 7) is 2.04.